The van der Waals surface area contributed by atoms with Crippen LogP contribution in [0.5, 0.6) is 0 Å². The quantitative estimate of drug-likeness (QED) is 0.786. The molecule has 0 radical (unpaired) electrons. The van der Waals surface area contributed by atoms with Crippen LogP contribution in [0.1, 0.15) is 5.56 Å². The van der Waals surface area contributed by atoms with Gasteiger partial charge in [-0.3, -0.25) is 5.84 Å². The lowest BCUT2D eigenvalue weighted by Crippen LogP contribution is -2.74. The molecule has 2 heterocycles. The SMILES string of the molecule is NN1CC2(C1)CN(C(=O)OCc1ccccc1)C2. The van der Waals surface area contributed by atoms with Crippen LogP contribution in [0, 0.1) is 5.41 Å². The van der Waals surface area contributed by atoms with Gasteiger partial charge in [0, 0.05) is 31.6 Å². The summed E-state index contributed by atoms with van der Waals surface area (Å²) in [5.41, 5.74) is 1.26. The Morgan fingerprint density at radius 2 is 1.89 bits per heavy atom. The zero-order valence-electron chi connectivity index (χ0n) is 10.2. The summed E-state index contributed by atoms with van der Waals surface area (Å²) in [5.74, 6) is 5.62. The highest BCUT2D eigenvalue weighted by atomic mass is 16.6. The van der Waals surface area contributed by atoms with Crippen LogP contribution in [-0.2, 0) is 11.3 Å². The Kier molecular flexibility index (Phi) is 2.72. The van der Waals surface area contributed by atoms with Crippen LogP contribution < -0.4 is 5.84 Å². The van der Waals surface area contributed by atoms with Crippen LogP contribution >= 0.6 is 0 Å². The molecule has 2 saturated heterocycles. The van der Waals surface area contributed by atoms with Gasteiger partial charge in [-0.25, -0.2) is 9.80 Å². The molecule has 0 bridgehead atoms. The van der Waals surface area contributed by atoms with Gasteiger partial charge in [0.05, 0.1) is 0 Å². The molecule has 0 aliphatic carbocycles. The summed E-state index contributed by atoms with van der Waals surface area (Å²) >= 11 is 0. The maximum Gasteiger partial charge on any atom is 0.410 e. The van der Waals surface area contributed by atoms with Crippen molar-refractivity contribution in [3.05, 3.63) is 35.9 Å². The van der Waals surface area contributed by atoms with E-state index in [9.17, 15) is 4.79 Å². The normalized spacial score (nSPS) is 21.3. The van der Waals surface area contributed by atoms with Crippen molar-refractivity contribution in [2.75, 3.05) is 26.2 Å². The Labute approximate surface area is 106 Å². The largest absolute Gasteiger partial charge is 0.445 e. The highest BCUT2D eigenvalue weighted by molar-refractivity contribution is 5.69. The maximum absolute atomic E-state index is 11.8. The predicted octanol–water partition coefficient (Wildman–Crippen LogP) is 0.814. The van der Waals surface area contributed by atoms with E-state index in [1.54, 1.807) is 9.91 Å². The second-order valence-corrected chi connectivity index (χ2v) is 5.30. The molecule has 5 nitrogen and oxygen atoms in total. The molecule has 1 aromatic rings. The summed E-state index contributed by atoms with van der Waals surface area (Å²) in [4.78, 5) is 13.5. The third-order valence-electron chi connectivity index (χ3n) is 3.59. The summed E-state index contributed by atoms with van der Waals surface area (Å²) in [7, 11) is 0. The van der Waals surface area contributed by atoms with Crippen molar-refractivity contribution in [1.29, 1.82) is 0 Å². The minimum absolute atomic E-state index is 0.222. The number of benzene rings is 1. The summed E-state index contributed by atoms with van der Waals surface area (Å²) in [6, 6.07) is 9.71. The molecule has 1 spiro atoms. The Balaban J connectivity index is 1.44. The fourth-order valence-electron chi connectivity index (χ4n) is 2.72. The van der Waals surface area contributed by atoms with E-state index in [4.69, 9.17) is 10.6 Å². The Bertz CT molecular complexity index is 435. The second kappa shape index (κ2) is 4.26. The molecule has 5 heteroatoms. The predicted molar refractivity (Wildman–Crippen MR) is 66.4 cm³/mol. The fourth-order valence-corrected chi connectivity index (χ4v) is 2.72. The van der Waals surface area contributed by atoms with Gasteiger partial charge in [0.15, 0.2) is 0 Å². The first-order valence-corrected chi connectivity index (χ1v) is 6.12. The number of ether oxygens (including phenoxy) is 1. The number of nitrogens with two attached hydrogens (primary N) is 1. The standard InChI is InChI=1S/C13H17N3O2/c14-16-9-13(10-16)7-15(8-13)12(17)18-6-11-4-2-1-3-5-11/h1-5H,6-10,14H2. The van der Waals surface area contributed by atoms with Gasteiger partial charge in [0.2, 0.25) is 0 Å². The van der Waals surface area contributed by atoms with Crippen molar-refractivity contribution < 1.29 is 9.53 Å². The molecule has 0 saturated carbocycles. The first kappa shape index (κ1) is 11.5. The molecule has 96 valence electrons. The summed E-state index contributed by atoms with van der Waals surface area (Å²) in [5, 5.41) is 1.78. The number of carbonyl (C=O) groups is 1. The number of likely N-dealkylation sites (tertiary alicyclic amines) is 1. The van der Waals surface area contributed by atoms with Gasteiger partial charge in [0.25, 0.3) is 0 Å². The van der Waals surface area contributed by atoms with Crippen LogP contribution in [0.4, 0.5) is 4.79 Å². The Morgan fingerprint density at radius 1 is 1.22 bits per heavy atom. The molecule has 1 amide bonds. The number of nitrogens with zero attached hydrogens (tertiary/aromatic N) is 2. The van der Waals surface area contributed by atoms with Crippen molar-refractivity contribution in [3.63, 3.8) is 0 Å². The molecule has 2 fully saturated rings. The lowest BCUT2D eigenvalue weighted by molar-refractivity contribution is -0.106. The van der Waals surface area contributed by atoms with Crippen molar-refractivity contribution in [2.24, 2.45) is 11.3 Å². The summed E-state index contributed by atoms with van der Waals surface area (Å²) in [6.07, 6.45) is -0.222. The minimum atomic E-state index is -0.222. The fraction of sp³-hybridized carbons (Fsp3) is 0.462. The second-order valence-electron chi connectivity index (χ2n) is 5.30. The zero-order valence-corrected chi connectivity index (χ0v) is 10.2. The molecule has 2 N–H and O–H groups in total. The molecule has 0 unspecified atom stereocenters. The van der Waals surface area contributed by atoms with Gasteiger partial charge in [-0.15, -0.1) is 0 Å². The van der Waals surface area contributed by atoms with E-state index in [0.717, 1.165) is 31.7 Å². The van der Waals surface area contributed by atoms with Crippen LogP contribution in [0.3, 0.4) is 0 Å². The Morgan fingerprint density at radius 3 is 2.50 bits per heavy atom. The van der Waals surface area contributed by atoms with E-state index in [1.165, 1.54) is 0 Å². The van der Waals surface area contributed by atoms with Crippen molar-refractivity contribution >= 4 is 6.09 Å². The average molecular weight is 247 g/mol. The number of rotatable bonds is 2. The van der Waals surface area contributed by atoms with Crippen LogP contribution in [-0.4, -0.2) is 42.2 Å². The minimum Gasteiger partial charge on any atom is -0.445 e. The molecular formula is C13H17N3O2. The van der Waals surface area contributed by atoms with Crippen molar-refractivity contribution in [1.82, 2.24) is 9.91 Å². The van der Waals surface area contributed by atoms with Gasteiger partial charge in [-0.1, -0.05) is 30.3 Å². The number of hydrogen-bond acceptors (Lipinski definition) is 4. The van der Waals surface area contributed by atoms with E-state index in [0.29, 0.717) is 6.61 Å². The molecule has 0 atom stereocenters. The monoisotopic (exact) mass is 247 g/mol. The van der Waals surface area contributed by atoms with Gasteiger partial charge >= 0.3 is 6.09 Å². The van der Waals surface area contributed by atoms with Crippen LogP contribution in [0.15, 0.2) is 30.3 Å². The van der Waals surface area contributed by atoms with Gasteiger partial charge in [-0.05, 0) is 5.56 Å². The number of carbonyl (C=O) groups excluding carboxylic acids is 1. The van der Waals surface area contributed by atoms with E-state index >= 15 is 0 Å². The van der Waals surface area contributed by atoms with Crippen molar-refractivity contribution in [3.8, 4) is 0 Å². The molecule has 2 aliphatic rings. The number of hydrogen-bond donors (Lipinski definition) is 1. The third kappa shape index (κ3) is 2.07. The van der Waals surface area contributed by atoms with Crippen LogP contribution in [0.25, 0.3) is 0 Å². The molecule has 0 aromatic heterocycles. The Hall–Kier alpha value is -1.59. The first-order valence-electron chi connectivity index (χ1n) is 6.12. The first-order chi connectivity index (χ1) is 8.67. The smallest absolute Gasteiger partial charge is 0.410 e. The van der Waals surface area contributed by atoms with Gasteiger partial charge in [0.1, 0.15) is 6.61 Å². The molecule has 2 aliphatic heterocycles. The topological polar surface area (TPSA) is 58.8 Å². The van der Waals surface area contributed by atoms with E-state index < -0.39 is 0 Å². The highest BCUT2D eigenvalue weighted by Gasteiger charge is 2.52. The van der Waals surface area contributed by atoms with Crippen molar-refractivity contribution in [2.45, 2.75) is 6.61 Å². The third-order valence-corrected chi connectivity index (χ3v) is 3.59. The van der Waals surface area contributed by atoms with E-state index in [1.807, 2.05) is 30.3 Å². The van der Waals surface area contributed by atoms with Gasteiger partial charge < -0.3 is 9.64 Å². The highest BCUT2D eigenvalue weighted by Crippen LogP contribution is 2.38. The summed E-state index contributed by atoms with van der Waals surface area (Å²) < 4.78 is 5.26. The lowest BCUT2D eigenvalue weighted by Gasteiger charge is -2.58. The molecule has 18 heavy (non-hydrogen) atoms. The van der Waals surface area contributed by atoms with E-state index in [-0.39, 0.29) is 11.5 Å². The molecule has 3 rings (SSSR count). The maximum atomic E-state index is 11.8. The van der Waals surface area contributed by atoms with E-state index in [2.05, 4.69) is 0 Å². The molecule has 1 aromatic carbocycles. The number of hydrazine groups is 1. The lowest BCUT2D eigenvalue weighted by atomic mass is 9.74. The molecular weight excluding hydrogens is 230 g/mol. The summed E-state index contributed by atoms with van der Waals surface area (Å²) in [6.45, 7) is 3.65. The van der Waals surface area contributed by atoms with Crippen LogP contribution in [0.2, 0.25) is 0 Å². The average Bonchev–Trinajstić information content (AvgIpc) is 2.30. The number of amides is 1. The zero-order chi connectivity index (χ0) is 12.6. The van der Waals surface area contributed by atoms with Gasteiger partial charge in [-0.2, -0.15) is 0 Å².